The van der Waals surface area contributed by atoms with Gasteiger partial charge in [-0.15, -0.1) is 0 Å². The molecule has 3 amide bonds. The van der Waals surface area contributed by atoms with Crippen LogP contribution in [0.15, 0.2) is 60.7 Å². The lowest BCUT2D eigenvalue weighted by Crippen LogP contribution is -2.39. The molecular weight excluding hydrogens is 400 g/mol. The Kier molecular flexibility index (Phi) is 6.71. The number of aryl methyl sites for hydroxylation is 2. The van der Waals surface area contributed by atoms with Gasteiger partial charge >= 0.3 is 6.03 Å². The Morgan fingerprint density at radius 3 is 2.34 bits per heavy atom. The largest absolute Gasteiger partial charge is 0.324 e. The number of para-hydroxylation sites is 1. The van der Waals surface area contributed by atoms with Gasteiger partial charge in [0.1, 0.15) is 0 Å². The number of urea groups is 1. The van der Waals surface area contributed by atoms with Crippen LogP contribution in [-0.2, 0) is 4.79 Å². The van der Waals surface area contributed by atoms with Gasteiger partial charge in [-0.1, -0.05) is 48.5 Å². The number of nitrogens with one attached hydrogen (secondary N) is 2. The molecule has 32 heavy (non-hydrogen) atoms. The van der Waals surface area contributed by atoms with Crippen molar-refractivity contribution in [2.75, 3.05) is 43.4 Å². The number of carbonyl (C=O) groups excluding carboxylic acids is 2. The van der Waals surface area contributed by atoms with Crippen molar-refractivity contribution in [1.82, 2.24) is 9.80 Å². The Morgan fingerprint density at radius 1 is 0.812 bits per heavy atom. The summed E-state index contributed by atoms with van der Waals surface area (Å²) in [4.78, 5) is 29.4. The summed E-state index contributed by atoms with van der Waals surface area (Å²) in [5.41, 5.74) is 3.81. The van der Waals surface area contributed by atoms with Crippen LogP contribution >= 0.6 is 0 Å². The van der Waals surface area contributed by atoms with Crippen molar-refractivity contribution < 1.29 is 9.59 Å². The number of anilines is 2. The van der Waals surface area contributed by atoms with Crippen molar-refractivity contribution in [3.05, 3.63) is 71.8 Å². The predicted molar refractivity (Wildman–Crippen MR) is 130 cm³/mol. The van der Waals surface area contributed by atoms with Crippen LogP contribution in [-0.4, -0.2) is 54.5 Å². The van der Waals surface area contributed by atoms with Crippen LogP contribution in [0.4, 0.5) is 16.2 Å². The summed E-state index contributed by atoms with van der Waals surface area (Å²) in [6.45, 7) is 7.06. The number of nitrogens with zero attached hydrogens (tertiary/aromatic N) is 2. The Hall–Kier alpha value is -3.38. The molecule has 0 radical (unpaired) electrons. The van der Waals surface area contributed by atoms with Crippen LogP contribution in [0.3, 0.4) is 0 Å². The molecule has 0 aromatic heterocycles. The summed E-state index contributed by atoms with van der Waals surface area (Å²) in [6.07, 6.45) is 0.835. The summed E-state index contributed by atoms with van der Waals surface area (Å²) < 4.78 is 0. The quantitative estimate of drug-likeness (QED) is 0.634. The van der Waals surface area contributed by atoms with Gasteiger partial charge in [0.2, 0.25) is 5.91 Å². The third-order valence-electron chi connectivity index (χ3n) is 5.99. The van der Waals surface area contributed by atoms with Crippen LogP contribution in [0.5, 0.6) is 0 Å². The zero-order chi connectivity index (χ0) is 22.5. The second kappa shape index (κ2) is 9.83. The summed E-state index contributed by atoms with van der Waals surface area (Å²) in [6, 6.07) is 19.9. The standard InChI is InChI=1S/C26H30N4O2/c1-19-7-5-8-20(2)25(19)28-24(31)18-29-13-6-14-30(16-15-29)26(32)27-23-12-11-21-9-3-4-10-22(21)17-23/h3-5,7-12,17H,6,13-16,18H2,1-2H3,(H,27,32)(H,28,31). The van der Waals surface area contributed by atoms with E-state index < -0.39 is 0 Å². The van der Waals surface area contributed by atoms with Gasteiger partial charge in [0.25, 0.3) is 0 Å². The van der Waals surface area contributed by atoms with E-state index in [1.807, 2.05) is 73.3 Å². The second-order valence-corrected chi connectivity index (χ2v) is 8.42. The van der Waals surface area contributed by atoms with Crippen LogP contribution in [0.25, 0.3) is 10.8 Å². The molecule has 1 aliphatic rings. The Bertz CT molecular complexity index is 1110. The number of rotatable bonds is 4. The van der Waals surface area contributed by atoms with Crippen LogP contribution in [0, 0.1) is 13.8 Å². The third kappa shape index (κ3) is 5.26. The zero-order valence-corrected chi connectivity index (χ0v) is 18.7. The normalized spacial score (nSPS) is 14.8. The van der Waals surface area contributed by atoms with Gasteiger partial charge < -0.3 is 15.5 Å². The predicted octanol–water partition coefficient (Wildman–Crippen LogP) is 4.63. The molecule has 6 nitrogen and oxygen atoms in total. The number of hydrogen-bond donors (Lipinski definition) is 2. The maximum absolute atomic E-state index is 12.8. The van der Waals surface area contributed by atoms with E-state index in [2.05, 4.69) is 21.6 Å². The molecule has 2 N–H and O–H groups in total. The minimum Gasteiger partial charge on any atom is -0.324 e. The van der Waals surface area contributed by atoms with Crippen molar-refractivity contribution in [3.8, 4) is 0 Å². The molecule has 0 unspecified atom stereocenters. The van der Waals surface area contributed by atoms with Gasteiger partial charge in [-0.05, 0) is 54.3 Å². The summed E-state index contributed by atoms with van der Waals surface area (Å²) >= 11 is 0. The molecule has 1 aliphatic heterocycles. The smallest absolute Gasteiger partial charge is 0.321 e. The minimum atomic E-state index is -0.0953. The monoisotopic (exact) mass is 430 g/mol. The molecule has 0 saturated carbocycles. The fraction of sp³-hybridized carbons (Fsp3) is 0.308. The fourth-order valence-corrected chi connectivity index (χ4v) is 4.20. The van der Waals surface area contributed by atoms with E-state index in [0.29, 0.717) is 26.2 Å². The molecule has 0 atom stereocenters. The highest BCUT2D eigenvalue weighted by atomic mass is 16.2. The molecule has 3 aromatic rings. The van der Waals surface area contributed by atoms with Crippen LogP contribution in [0.1, 0.15) is 17.5 Å². The number of benzene rings is 3. The number of amides is 3. The zero-order valence-electron chi connectivity index (χ0n) is 18.7. The maximum Gasteiger partial charge on any atom is 0.321 e. The van der Waals surface area contributed by atoms with Crippen molar-refractivity contribution in [3.63, 3.8) is 0 Å². The highest BCUT2D eigenvalue weighted by Gasteiger charge is 2.21. The lowest BCUT2D eigenvalue weighted by atomic mass is 10.1. The van der Waals surface area contributed by atoms with Crippen molar-refractivity contribution in [2.45, 2.75) is 20.3 Å². The molecule has 1 saturated heterocycles. The van der Waals surface area contributed by atoms with Gasteiger partial charge in [-0.2, -0.15) is 0 Å². The molecular formula is C26H30N4O2. The molecule has 6 heteroatoms. The maximum atomic E-state index is 12.8. The number of hydrogen-bond acceptors (Lipinski definition) is 3. The molecule has 4 rings (SSSR count). The van der Waals surface area contributed by atoms with Crippen molar-refractivity contribution in [2.24, 2.45) is 0 Å². The molecule has 166 valence electrons. The average molecular weight is 431 g/mol. The number of carbonyl (C=O) groups is 2. The van der Waals surface area contributed by atoms with Gasteiger partial charge in [0.15, 0.2) is 0 Å². The Balaban J connectivity index is 1.31. The lowest BCUT2D eigenvalue weighted by Gasteiger charge is -2.22. The SMILES string of the molecule is Cc1cccc(C)c1NC(=O)CN1CCCN(C(=O)Nc2ccc3ccccc3c2)CC1. The van der Waals surface area contributed by atoms with E-state index in [4.69, 9.17) is 0 Å². The molecule has 0 spiro atoms. The fourth-order valence-electron chi connectivity index (χ4n) is 4.20. The Morgan fingerprint density at radius 2 is 1.56 bits per heavy atom. The van der Waals surface area contributed by atoms with Gasteiger partial charge in [0.05, 0.1) is 6.54 Å². The molecule has 0 bridgehead atoms. The minimum absolute atomic E-state index is 0.0172. The molecule has 0 aliphatic carbocycles. The first-order valence-electron chi connectivity index (χ1n) is 11.1. The van der Waals surface area contributed by atoms with E-state index >= 15 is 0 Å². The first-order valence-corrected chi connectivity index (χ1v) is 11.1. The second-order valence-electron chi connectivity index (χ2n) is 8.42. The lowest BCUT2D eigenvalue weighted by molar-refractivity contribution is -0.117. The van der Waals surface area contributed by atoms with Gasteiger partial charge in [-0.3, -0.25) is 9.69 Å². The van der Waals surface area contributed by atoms with Crippen LogP contribution < -0.4 is 10.6 Å². The first-order chi connectivity index (χ1) is 15.5. The van der Waals surface area contributed by atoms with Crippen molar-refractivity contribution in [1.29, 1.82) is 0 Å². The van der Waals surface area contributed by atoms with E-state index in [-0.39, 0.29) is 11.9 Å². The average Bonchev–Trinajstić information content (AvgIpc) is 3.02. The van der Waals surface area contributed by atoms with Crippen molar-refractivity contribution >= 4 is 34.1 Å². The van der Waals surface area contributed by atoms with Crippen LogP contribution in [0.2, 0.25) is 0 Å². The molecule has 1 heterocycles. The van der Waals surface area contributed by atoms with E-state index in [9.17, 15) is 9.59 Å². The number of fused-ring (bicyclic) bond motifs is 1. The highest BCUT2D eigenvalue weighted by Crippen LogP contribution is 2.20. The van der Waals surface area contributed by atoms with E-state index in [1.54, 1.807) is 0 Å². The summed E-state index contributed by atoms with van der Waals surface area (Å²) in [5.74, 6) is -0.0172. The topological polar surface area (TPSA) is 64.7 Å². The van der Waals surface area contributed by atoms with Gasteiger partial charge in [0, 0.05) is 37.6 Å². The van der Waals surface area contributed by atoms with E-state index in [1.165, 1.54) is 0 Å². The van der Waals surface area contributed by atoms with Gasteiger partial charge in [-0.25, -0.2) is 4.79 Å². The van der Waals surface area contributed by atoms with E-state index in [0.717, 1.165) is 46.2 Å². The molecule has 1 fully saturated rings. The summed E-state index contributed by atoms with van der Waals surface area (Å²) in [7, 11) is 0. The highest BCUT2D eigenvalue weighted by molar-refractivity contribution is 5.94. The summed E-state index contributed by atoms with van der Waals surface area (Å²) in [5, 5.41) is 8.32. The first kappa shape index (κ1) is 21.8. The molecule has 3 aromatic carbocycles. The Labute approximate surface area is 189 Å². The third-order valence-corrected chi connectivity index (χ3v) is 5.99.